The van der Waals surface area contributed by atoms with Crippen molar-refractivity contribution >= 4 is 5.69 Å². The van der Waals surface area contributed by atoms with Crippen molar-refractivity contribution in [1.82, 2.24) is 0 Å². The van der Waals surface area contributed by atoms with E-state index in [1.165, 1.54) is 0 Å². The van der Waals surface area contributed by atoms with Gasteiger partial charge in [0.2, 0.25) is 0 Å². The summed E-state index contributed by atoms with van der Waals surface area (Å²) < 4.78 is 44.4. The van der Waals surface area contributed by atoms with Crippen LogP contribution in [0.5, 0.6) is 0 Å². The maximum absolute atomic E-state index is 13.3. The van der Waals surface area contributed by atoms with E-state index < -0.39 is 23.6 Å². The molecule has 3 nitrogen and oxygen atoms in total. The summed E-state index contributed by atoms with van der Waals surface area (Å²) in [6.07, 6.45) is 3.48. The van der Waals surface area contributed by atoms with Gasteiger partial charge in [-0.2, -0.15) is 0 Å². The van der Waals surface area contributed by atoms with Crippen LogP contribution in [0.4, 0.5) is 18.9 Å². The Balaban J connectivity index is 2.24. The van der Waals surface area contributed by atoms with Crippen molar-refractivity contribution in [3.8, 4) is 0 Å². The Morgan fingerprint density at radius 3 is 2.62 bits per heavy atom. The van der Waals surface area contributed by atoms with Crippen LogP contribution in [-0.4, -0.2) is 31.0 Å². The van der Waals surface area contributed by atoms with Crippen LogP contribution in [0.1, 0.15) is 32.6 Å². The molecule has 0 bridgehead atoms. The highest BCUT2D eigenvalue weighted by Gasteiger charge is 2.14. The number of rotatable bonds is 10. The number of anilines is 1. The van der Waals surface area contributed by atoms with Gasteiger partial charge in [-0.15, -0.1) is 0 Å². The summed E-state index contributed by atoms with van der Waals surface area (Å²) in [5.41, 5.74) is -0.184. The number of benzene rings is 1. The van der Waals surface area contributed by atoms with E-state index in [0.29, 0.717) is 6.61 Å². The molecule has 120 valence electrons. The maximum atomic E-state index is 13.3. The molecule has 0 radical (unpaired) electrons. The molecular formula is C15H22F3NO2. The van der Waals surface area contributed by atoms with Gasteiger partial charge in [0.15, 0.2) is 17.5 Å². The topological polar surface area (TPSA) is 41.5 Å². The van der Waals surface area contributed by atoms with Gasteiger partial charge < -0.3 is 15.2 Å². The predicted molar refractivity (Wildman–Crippen MR) is 75.8 cm³/mol. The third-order valence-electron chi connectivity index (χ3n) is 3.02. The summed E-state index contributed by atoms with van der Waals surface area (Å²) in [6, 6.07) is 1.92. The van der Waals surface area contributed by atoms with Gasteiger partial charge in [0, 0.05) is 13.2 Å². The van der Waals surface area contributed by atoms with Crippen molar-refractivity contribution in [2.45, 2.75) is 38.7 Å². The highest BCUT2D eigenvalue weighted by molar-refractivity contribution is 5.45. The molecule has 0 saturated carbocycles. The number of unbranched alkanes of at least 4 members (excludes halogenated alkanes) is 3. The molecule has 1 aromatic carbocycles. The zero-order valence-electron chi connectivity index (χ0n) is 12.2. The number of aliphatic hydroxyl groups excluding tert-OH is 1. The van der Waals surface area contributed by atoms with E-state index in [0.717, 1.165) is 37.8 Å². The molecule has 1 rings (SSSR count). The normalized spacial score (nSPS) is 12.4. The second-order valence-corrected chi connectivity index (χ2v) is 4.89. The van der Waals surface area contributed by atoms with E-state index in [1.54, 1.807) is 0 Å². The van der Waals surface area contributed by atoms with Crippen LogP contribution in [0.2, 0.25) is 0 Å². The Hall–Kier alpha value is -1.27. The fourth-order valence-corrected chi connectivity index (χ4v) is 1.80. The van der Waals surface area contributed by atoms with Gasteiger partial charge in [-0.1, -0.05) is 26.2 Å². The Labute approximate surface area is 123 Å². The lowest BCUT2D eigenvalue weighted by molar-refractivity contribution is 0.0416. The van der Waals surface area contributed by atoms with Crippen molar-refractivity contribution < 1.29 is 23.0 Å². The van der Waals surface area contributed by atoms with Gasteiger partial charge in [-0.05, 0) is 18.6 Å². The van der Waals surface area contributed by atoms with Gasteiger partial charge in [0.25, 0.3) is 0 Å². The van der Waals surface area contributed by atoms with Gasteiger partial charge in [-0.25, -0.2) is 13.2 Å². The summed E-state index contributed by atoms with van der Waals surface area (Å²) in [7, 11) is 0. The minimum atomic E-state index is -1.53. The molecule has 6 heteroatoms. The standard InChI is InChI=1S/C15H22F3NO2/c1-2-3-4-5-8-21-10-11(20)9-19-13-7-6-12(16)14(17)15(13)18/h6-7,11,19-20H,2-5,8-10H2,1H3. The fraction of sp³-hybridized carbons (Fsp3) is 0.600. The molecule has 0 aliphatic carbocycles. The second kappa shape index (κ2) is 9.63. The summed E-state index contributed by atoms with van der Waals surface area (Å²) >= 11 is 0. The number of aliphatic hydroxyl groups is 1. The molecule has 1 unspecified atom stereocenters. The molecule has 0 heterocycles. The number of hydrogen-bond donors (Lipinski definition) is 2. The average Bonchev–Trinajstić information content (AvgIpc) is 2.47. The zero-order valence-corrected chi connectivity index (χ0v) is 12.2. The van der Waals surface area contributed by atoms with Crippen molar-refractivity contribution in [3.63, 3.8) is 0 Å². The Kier molecular flexibility index (Phi) is 8.15. The quantitative estimate of drug-likeness (QED) is 0.514. The van der Waals surface area contributed by atoms with Gasteiger partial charge >= 0.3 is 0 Å². The van der Waals surface area contributed by atoms with Gasteiger partial charge in [-0.3, -0.25) is 0 Å². The Morgan fingerprint density at radius 2 is 1.90 bits per heavy atom. The van der Waals surface area contributed by atoms with Crippen LogP contribution in [0, 0.1) is 17.5 Å². The summed E-state index contributed by atoms with van der Waals surface area (Å²) in [5.74, 6) is -4.06. The minimum Gasteiger partial charge on any atom is -0.389 e. The van der Waals surface area contributed by atoms with Crippen molar-refractivity contribution in [2.75, 3.05) is 25.1 Å². The van der Waals surface area contributed by atoms with E-state index in [1.807, 2.05) is 0 Å². The van der Waals surface area contributed by atoms with E-state index in [-0.39, 0.29) is 18.8 Å². The fourth-order valence-electron chi connectivity index (χ4n) is 1.80. The minimum absolute atomic E-state index is 0.00302. The van der Waals surface area contributed by atoms with Crippen LogP contribution in [0.15, 0.2) is 12.1 Å². The number of nitrogens with one attached hydrogen (secondary N) is 1. The maximum Gasteiger partial charge on any atom is 0.196 e. The first kappa shape index (κ1) is 17.8. The molecule has 21 heavy (non-hydrogen) atoms. The Morgan fingerprint density at radius 1 is 1.14 bits per heavy atom. The first-order chi connectivity index (χ1) is 10.1. The summed E-state index contributed by atoms with van der Waals surface area (Å²) in [4.78, 5) is 0. The van der Waals surface area contributed by atoms with Crippen LogP contribution < -0.4 is 5.32 Å². The second-order valence-electron chi connectivity index (χ2n) is 4.89. The zero-order chi connectivity index (χ0) is 15.7. The Bertz CT molecular complexity index is 430. The van der Waals surface area contributed by atoms with Gasteiger partial charge in [0.05, 0.1) is 18.4 Å². The molecule has 1 atom stereocenters. The number of hydrogen-bond acceptors (Lipinski definition) is 3. The van der Waals surface area contributed by atoms with Gasteiger partial charge in [0.1, 0.15) is 0 Å². The molecule has 0 saturated heterocycles. The number of ether oxygens (including phenoxy) is 1. The van der Waals surface area contributed by atoms with Crippen molar-refractivity contribution in [1.29, 1.82) is 0 Å². The highest BCUT2D eigenvalue weighted by Crippen LogP contribution is 2.19. The molecule has 0 amide bonds. The van der Waals surface area contributed by atoms with Crippen molar-refractivity contribution in [3.05, 3.63) is 29.6 Å². The summed E-state index contributed by atoms with van der Waals surface area (Å²) in [5, 5.41) is 12.2. The largest absolute Gasteiger partial charge is 0.389 e. The average molecular weight is 305 g/mol. The van der Waals surface area contributed by atoms with E-state index in [4.69, 9.17) is 4.74 Å². The van der Waals surface area contributed by atoms with E-state index in [9.17, 15) is 18.3 Å². The summed E-state index contributed by atoms with van der Waals surface area (Å²) in [6.45, 7) is 2.80. The molecule has 2 N–H and O–H groups in total. The first-order valence-corrected chi connectivity index (χ1v) is 7.19. The molecule has 0 fully saturated rings. The lowest BCUT2D eigenvalue weighted by Crippen LogP contribution is -2.25. The monoisotopic (exact) mass is 305 g/mol. The molecule has 1 aromatic rings. The number of halogens is 3. The molecular weight excluding hydrogens is 283 g/mol. The lowest BCUT2D eigenvalue weighted by Gasteiger charge is -2.14. The molecule has 0 spiro atoms. The SMILES string of the molecule is CCCCCCOCC(O)CNc1ccc(F)c(F)c1F. The smallest absolute Gasteiger partial charge is 0.196 e. The predicted octanol–water partition coefficient (Wildman–Crippen LogP) is 3.47. The third kappa shape index (κ3) is 6.35. The van der Waals surface area contributed by atoms with E-state index in [2.05, 4.69) is 12.2 Å². The first-order valence-electron chi connectivity index (χ1n) is 7.19. The lowest BCUT2D eigenvalue weighted by atomic mass is 10.2. The van der Waals surface area contributed by atoms with Crippen LogP contribution in [0.25, 0.3) is 0 Å². The van der Waals surface area contributed by atoms with Crippen LogP contribution in [0.3, 0.4) is 0 Å². The molecule has 0 aromatic heterocycles. The van der Waals surface area contributed by atoms with E-state index >= 15 is 0 Å². The van der Waals surface area contributed by atoms with Crippen molar-refractivity contribution in [2.24, 2.45) is 0 Å². The van der Waals surface area contributed by atoms with Crippen LogP contribution in [-0.2, 0) is 4.74 Å². The third-order valence-corrected chi connectivity index (χ3v) is 3.02. The molecule has 0 aliphatic heterocycles. The van der Waals surface area contributed by atoms with Crippen LogP contribution >= 0.6 is 0 Å². The highest BCUT2D eigenvalue weighted by atomic mass is 19.2. The molecule has 0 aliphatic rings.